The van der Waals surface area contributed by atoms with Gasteiger partial charge in [0, 0.05) is 5.56 Å². The van der Waals surface area contributed by atoms with Crippen molar-refractivity contribution in [2.45, 2.75) is 20.0 Å². The zero-order valence-corrected chi connectivity index (χ0v) is 11.9. The van der Waals surface area contributed by atoms with Crippen molar-refractivity contribution in [2.75, 3.05) is 13.2 Å². The lowest BCUT2D eigenvalue weighted by atomic mass is 10.1. The van der Waals surface area contributed by atoms with E-state index in [1.165, 1.54) is 0 Å². The molecule has 0 bridgehead atoms. The second kappa shape index (κ2) is 6.96. The molecular formula is C17H20O3. The zero-order chi connectivity index (χ0) is 14.4. The van der Waals surface area contributed by atoms with E-state index in [9.17, 15) is 5.11 Å². The standard InChI is InChI=1S/C17H20O3/c1-13-8-9-16(14(2)18)17(12-13)20-11-10-19-15-6-4-3-5-7-15/h3-9,12,14,18H,10-11H2,1-2H3/t14-/m1/s1. The van der Waals surface area contributed by atoms with Crippen LogP contribution in [0.1, 0.15) is 24.2 Å². The highest BCUT2D eigenvalue weighted by Gasteiger charge is 2.09. The van der Waals surface area contributed by atoms with E-state index in [1.807, 2.05) is 55.5 Å². The number of hydrogen-bond donors (Lipinski definition) is 1. The molecule has 0 aromatic heterocycles. The van der Waals surface area contributed by atoms with Crippen molar-refractivity contribution < 1.29 is 14.6 Å². The lowest BCUT2D eigenvalue weighted by Crippen LogP contribution is -2.10. The summed E-state index contributed by atoms with van der Waals surface area (Å²) in [5.74, 6) is 1.55. The molecule has 0 amide bonds. The third kappa shape index (κ3) is 4.00. The van der Waals surface area contributed by atoms with Crippen molar-refractivity contribution >= 4 is 0 Å². The molecule has 3 heteroatoms. The molecule has 0 heterocycles. The summed E-state index contributed by atoms with van der Waals surface area (Å²) < 4.78 is 11.3. The number of rotatable bonds is 6. The van der Waals surface area contributed by atoms with E-state index in [0.29, 0.717) is 13.2 Å². The number of benzene rings is 2. The Kier molecular flexibility index (Phi) is 5.02. The molecule has 2 rings (SSSR count). The Morgan fingerprint density at radius 1 is 1.00 bits per heavy atom. The quantitative estimate of drug-likeness (QED) is 0.818. The highest BCUT2D eigenvalue weighted by Crippen LogP contribution is 2.26. The molecule has 2 aromatic rings. The lowest BCUT2D eigenvalue weighted by Gasteiger charge is -2.14. The van der Waals surface area contributed by atoms with Crippen LogP contribution in [-0.4, -0.2) is 18.3 Å². The van der Waals surface area contributed by atoms with Gasteiger partial charge in [-0.05, 0) is 37.6 Å². The Balaban J connectivity index is 1.89. The maximum absolute atomic E-state index is 9.72. The molecule has 3 nitrogen and oxygen atoms in total. The zero-order valence-electron chi connectivity index (χ0n) is 11.9. The monoisotopic (exact) mass is 272 g/mol. The second-order valence-electron chi connectivity index (χ2n) is 4.73. The summed E-state index contributed by atoms with van der Waals surface area (Å²) in [6.07, 6.45) is -0.541. The van der Waals surface area contributed by atoms with Gasteiger partial charge in [-0.3, -0.25) is 0 Å². The van der Waals surface area contributed by atoms with E-state index in [-0.39, 0.29) is 0 Å². The van der Waals surface area contributed by atoms with Gasteiger partial charge < -0.3 is 14.6 Å². The average molecular weight is 272 g/mol. The number of aryl methyl sites for hydroxylation is 1. The SMILES string of the molecule is Cc1ccc([C@@H](C)O)c(OCCOc2ccccc2)c1. The largest absolute Gasteiger partial charge is 0.490 e. The molecule has 1 N–H and O–H groups in total. The van der Waals surface area contributed by atoms with Crippen LogP contribution < -0.4 is 9.47 Å². The number of ether oxygens (including phenoxy) is 2. The van der Waals surface area contributed by atoms with Crippen LogP contribution >= 0.6 is 0 Å². The Morgan fingerprint density at radius 3 is 2.40 bits per heavy atom. The number of aliphatic hydroxyl groups is 1. The summed E-state index contributed by atoms with van der Waals surface area (Å²) in [7, 11) is 0. The third-order valence-electron chi connectivity index (χ3n) is 2.97. The van der Waals surface area contributed by atoms with Gasteiger partial charge in [0.25, 0.3) is 0 Å². The summed E-state index contributed by atoms with van der Waals surface area (Å²) >= 11 is 0. The minimum absolute atomic E-state index is 0.443. The van der Waals surface area contributed by atoms with Crippen LogP contribution in [-0.2, 0) is 0 Å². The van der Waals surface area contributed by atoms with E-state index < -0.39 is 6.10 Å². The highest BCUT2D eigenvalue weighted by molar-refractivity contribution is 5.38. The van der Waals surface area contributed by atoms with Crippen molar-refractivity contribution in [2.24, 2.45) is 0 Å². The minimum atomic E-state index is -0.541. The van der Waals surface area contributed by atoms with Gasteiger partial charge >= 0.3 is 0 Å². The molecule has 0 aliphatic heterocycles. The summed E-state index contributed by atoms with van der Waals surface area (Å²) in [5.41, 5.74) is 1.91. The fourth-order valence-electron chi connectivity index (χ4n) is 1.94. The fraction of sp³-hybridized carbons (Fsp3) is 0.294. The molecule has 1 atom stereocenters. The molecule has 106 valence electrons. The van der Waals surface area contributed by atoms with Gasteiger partial charge in [0.2, 0.25) is 0 Å². The second-order valence-corrected chi connectivity index (χ2v) is 4.73. The molecule has 0 fully saturated rings. The molecule has 0 spiro atoms. The summed E-state index contributed by atoms with van der Waals surface area (Å²) in [6.45, 7) is 4.65. The van der Waals surface area contributed by atoms with Gasteiger partial charge in [-0.25, -0.2) is 0 Å². The van der Waals surface area contributed by atoms with Gasteiger partial charge in [0.1, 0.15) is 24.7 Å². The first-order valence-corrected chi connectivity index (χ1v) is 6.76. The van der Waals surface area contributed by atoms with Crippen molar-refractivity contribution in [1.82, 2.24) is 0 Å². The third-order valence-corrected chi connectivity index (χ3v) is 2.97. The smallest absolute Gasteiger partial charge is 0.125 e. The summed E-state index contributed by atoms with van der Waals surface area (Å²) in [6, 6.07) is 15.4. The normalized spacial score (nSPS) is 11.9. The molecule has 0 aliphatic rings. The Hall–Kier alpha value is -2.00. The average Bonchev–Trinajstić information content (AvgIpc) is 2.44. The van der Waals surface area contributed by atoms with Gasteiger partial charge in [0.15, 0.2) is 0 Å². The van der Waals surface area contributed by atoms with E-state index >= 15 is 0 Å². The van der Waals surface area contributed by atoms with E-state index in [4.69, 9.17) is 9.47 Å². The first-order chi connectivity index (χ1) is 9.66. The van der Waals surface area contributed by atoms with Crippen LogP contribution in [0.25, 0.3) is 0 Å². The van der Waals surface area contributed by atoms with E-state index in [1.54, 1.807) is 6.92 Å². The molecule has 0 saturated carbocycles. The van der Waals surface area contributed by atoms with Crippen molar-refractivity contribution in [3.05, 3.63) is 59.7 Å². The van der Waals surface area contributed by atoms with Crippen LogP contribution in [0.2, 0.25) is 0 Å². The van der Waals surface area contributed by atoms with Gasteiger partial charge in [-0.1, -0.05) is 30.3 Å². The van der Waals surface area contributed by atoms with Gasteiger partial charge in [-0.2, -0.15) is 0 Å². The molecular weight excluding hydrogens is 252 g/mol. The lowest BCUT2D eigenvalue weighted by molar-refractivity contribution is 0.182. The van der Waals surface area contributed by atoms with Gasteiger partial charge in [0.05, 0.1) is 6.10 Å². The topological polar surface area (TPSA) is 38.7 Å². The Bertz CT molecular complexity index is 535. The molecule has 0 radical (unpaired) electrons. The van der Waals surface area contributed by atoms with Crippen LogP contribution in [0, 0.1) is 6.92 Å². The minimum Gasteiger partial charge on any atom is -0.490 e. The van der Waals surface area contributed by atoms with Crippen molar-refractivity contribution in [3.63, 3.8) is 0 Å². The van der Waals surface area contributed by atoms with Crippen LogP contribution in [0.5, 0.6) is 11.5 Å². The van der Waals surface area contributed by atoms with Crippen molar-refractivity contribution in [1.29, 1.82) is 0 Å². The number of aliphatic hydroxyl groups excluding tert-OH is 1. The van der Waals surface area contributed by atoms with Crippen LogP contribution in [0.15, 0.2) is 48.5 Å². The van der Waals surface area contributed by atoms with E-state index in [0.717, 1.165) is 22.6 Å². The molecule has 0 unspecified atom stereocenters. The number of hydrogen-bond acceptors (Lipinski definition) is 3. The molecule has 20 heavy (non-hydrogen) atoms. The van der Waals surface area contributed by atoms with Crippen molar-refractivity contribution in [3.8, 4) is 11.5 Å². The molecule has 0 aliphatic carbocycles. The summed E-state index contributed by atoms with van der Waals surface area (Å²) in [4.78, 5) is 0. The van der Waals surface area contributed by atoms with Gasteiger partial charge in [-0.15, -0.1) is 0 Å². The first-order valence-electron chi connectivity index (χ1n) is 6.76. The van der Waals surface area contributed by atoms with Crippen LogP contribution in [0.4, 0.5) is 0 Å². The Morgan fingerprint density at radius 2 is 1.70 bits per heavy atom. The molecule has 2 aromatic carbocycles. The fourth-order valence-corrected chi connectivity index (χ4v) is 1.94. The first kappa shape index (κ1) is 14.4. The predicted octanol–water partition coefficient (Wildman–Crippen LogP) is 3.51. The highest BCUT2D eigenvalue weighted by atomic mass is 16.5. The van der Waals surface area contributed by atoms with E-state index in [2.05, 4.69) is 0 Å². The van der Waals surface area contributed by atoms with Crippen LogP contribution in [0.3, 0.4) is 0 Å². The number of para-hydroxylation sites is 1. The maximum atomic E-state index is 9.72. The molecule has 0 saturated heterocycles. The predicted molar refractivity (Wildman–Crippen MR) is 79.2 cm³/mol. The Labute approximate surface area is 119 Å². The maximum Gasteiger partial charge on any atom is 0.125 e. The summed E-state index contributed by atoms with van der Waals surface area (Å²) in [5, 5.41) is 9.72.